The lowest BCUT2D eigenvalue weighted by Gasteiger charge is -2.21. The molecule has 8 nitrogen and oxygen atoms in total. The number of carbonyl (C=O) groups is 2. The Kier molecular flexibility index (Phi) is 8.28. The van der Waals surface area contributed by atoms with Crippen molar-refractivity contribution in [2.45, 2.75) is 31.2 Å². The molecule has 0 aliphatic heterocycles. The lowest BCUT2D eigenvalue weighted by Crippen LogP contribution is -2.40. The van der Waals surface area contributed by atoms with Gasteiger partial charge in [0, 0.05) is 16.8 Å². The number of sulfonamides is 1. The molecule has 2 N–H and O–H groups in total. The summed E-state index contributed by atoms with van der Waals surface area (Å²) in [6.45, 7) is 5.30. The summed E-state index contributed by atoms with van der Waals surface area (Å²) in [4.78, 5) is 25.3. The van der Waals surface area contributed by atoms with Gasteiger partial charge in [0.25, 0.3) is 5.91 Å². The Morgan fingerprint density at radius 2 is 1.65 bits per heavy atom. The van der Waals surface area contributed by atoms with Crippen molar-refractivity contribution < 1.29 is 22.7 Å². The molecule has 0 bridgehead atoms. The summed E-state index contributed by atoms with van der Waals surface area (Å²) < 4.78 is 33.4. The SMILES string of the molecule is COC(=O)C(=Cc1cccc(C#N)c1)C(=O)Nc1ccc(-c2ccccc2S(=O)(=O)NC(C)(C)C)cc1. The van der Waals surface area contributed by atoms with Gasteiger partial charge in [-0.25, -0.2) is 17.9 Å². The molecule has 9 heteroatoms. The Labute approximate surface area is 216 Å². The van der Waals surface area contributed by atoms with Crippen LogP contribution in [0.5, 0.6) is 0 Å². The first-order chi connectivity index (χ1) is 17.4. The molecule has 0 heterocycles. The number of nitrogens with one attached hydrogen (secondary N) is 2. The zero-order valence-electron chi connectivity index (χ0n) is 20.9. The van der Waals surface area contributed by atoms with Crippen molar-refractivity contribution in [3.63, 3.8) is 0 Å². The van der Waals surface area contributed by atoms with Crippen LogP contribution >= 0.6 is 0 Å². The van der Waals surface area contributed by atoms with Gasteiger partial charge in [-0.05, 0) is 68.3 Å². The zero-order chi connectivity index (χ0) is 27.2. The number of amides is 1. The number of ether oxygens (including phenoxy) is 1. The molecular weight excluding hydrogens is 490 g/mol. The number of nitrogens with zero attached hydrogens (tertiary/aromatic N) is 1. The van der Waals surface area contributed by atoms with Crippen molar-refractivity contribution in [3.05, 3.63) is 89.5 Å². The van der Waals surface area contributed by atoms with Crippen LogP contribution in [0.2, 0.25) is 0 Å². The van der Waals surface area contributed by atoms with Crippen molar-refractivity contribution in [1.82, 2.24) is 4.72 Å². The molecule has 0 unspecified atom stereocenters. The van der Waals surface area contributed by atoms with Gasteiger partial charge in [0.1, 0.15) is 5.57 Å². The zero-order valence-corrected chi connectivity index (χ0v) is 21.7. The van der Waals surface area contributed by atoms with E-state index in [0.29, 0.717) is 27.9 Å². The average Bonchev–Trinajstić information content (AvgIpc) is 2.86. The molecule has 0 spiro atoms. The van der Waals surface area contributed by atoms with Crippen LogP contribution in [0.1, 0.15) is 31.9 Å². The Hall–Kier alpha value is -4.26. The van der Waals surface area contributed by atoms with E-state index >= 15 is 0 Å². The van der Waals surface area contributed by atoms with Gasteiger partial charge in [0.05, 0.1) is 23.6 Å². The minimum Gasteiger partial charge on any atom is -0.465 e. The fraction of sp³-hybridized carbons (Fsp3) is 0.179. The van der Waals surface area contributed by atoms with E-state index in [0.717, 1.165) is 0 Å². The Bertz CT molecular complexity index is 1500. The highest BCUT2D eigenvalue weighted by Gasteiger charge is 2.25. The smallest absolute Gasteiger partial charge is 0.343 e. The van der Waals surface area contributed by atoms with Gasteiger partial charge in [-0.15, -0.1) is 0 Å². The van der Waals surface area contributed by atoms with Gasteiger partial charge in [-0.2, -0.15) is 5.26 Å². The highest BCUT2D eigenvalue weighted by atomic mass is 32.2. The first-order valence-corrected chi connectivity index (χ1v) is 12.8. The molecule has 0 radical (unpaired) electrons. The van der Waals surface area contributed by atoms with E-state index in [-0.39, 0.29) is 10.5 Å². The van der Waals surface area contributed by atoms with Gasteiger partial charge in [-0.3, -0.25) is 4.79 Å². The molecule has 3 aromatic carbocycles. The average molecular weight is 518 g/mol. The van der Waals surface area contributed by atoms with Crippen molar-refractivity contribution in [2.75, 3.05) is 12.4 Å². The number of rotatable bonds is 7. The second kappa shape index (κ2) is 11.2. The minimum atomic E-state index is -3.78. The summed E-state index contributed by atoms with van der Waals surface area (Å²) in [6.07, 6.45) is 1.35. The fourth-order valence-electron chi connectivity index (χ4n) is 3.52. The molecule has 0 saturated heterocycles. The van der Waals surface area contributed by atoms with E-state index < -0.39 is 27.4 Å². The van der Waals surface area contributed by atoms with Gasteiger partial charge < -0.3 is 10.1 Å². The second-order valence-corrected chi connectivity index (χ2v) is 10.8. The molecule has 1 amide bonds. The monoisotopic (exact) mass is 517 g/mol. The predicted molar refractivity (Wildman–Crippen MR) is 142 cm³/mol. The van der Waals surface area contributed by atoms with Crippen molar-refractivity contribution >= 4 is 33.7 Å². The number of anilines is 1. The number of carbonyl (C=O) groups excluding carboxylic acids is 2. The van der Waals surface area contributed by atoms with Gasteiger partial charge >= 0.3 is 5.97 Å². The van der Waals surface area contributed by atoms with E-state index in [1.54, 1.807) is 87.5 Å². The summed E-state index contributed by atoms with van der Waals surface area (Å²) >= 11 is 0. The minimum absolute atomic E-state index is 0.136. The molecule has 190 valence electrons. The standard InChI is InChI=1S/C28H27N3O5S/c1-28(2,3)31-37(34,35)25-11-6-5-10-23(25)21-12-14-22(15-13-21)30-26(32)24(27(33)36-4)17-19-8-7-9-20(16-19)18-29/h5-17,31H,1-4H3,(H,30,32). The second-order valence-electron chi connectivity index (χ2n) is 9.17. The van der Waals surface area contributed by atoms with Crippen LogP contribution in [0.3, 0.4) is 0 Å². The number of methoxy groups -OCH3 is 1. The van der Waals surface area contributed by atoms with Crippen LogP contribution in [0.4, 0.5) is 5.69 Å². The number of esters is 1. The number of hydrogen-bond acceptors (Lipinski definition) is 6. The molecule has 0 fully saturated rings. The quantitative estimate of drug-likeness (QED) is 0.206. The topological polar surface area (TPSA) is 125 Å². The van der Waals surface area contributed by atoms with Crippen LogP contribution in [-0.2, 0) is 24.3 Å². The molecule has 0 atom stereocenters. The number of benzene rings is 3. The maximum absolute atomic E-state index is 13.0. The molecule has 37 heavy (non-hydrogen) atoms. The van der Waals surface area contributed by atoms with Crippen LogP contribution < -0.4 is 10.0 Å². The predicted octanol–water partition coefficient (Wildman–Crippen LogP) is 4.50. The van der Waals surface area contributed by atoms with Crippen molar-refractivity contribution in [2.24, 2.45) is 0 Å². The molecule has 3 rings (SSSR count). The summed E-state index contributed by atoms with van der Waals surface area (Å²) in [7, 11) is -2.61. The number of hydrogen-bond donors (Lipinski definition) is 2. The Morgan fingerprint density at radius 3 is 2.27 bits per heavy atom. The molecule has 0 saturated carbocycles. The van der Waals surface area contributed by atoms with Crippen molar-refractivity contribution in [1.29, 1.82) is 5.26 Å². The van der Waals surface area contributed by atoms with Crippen LogP contribution in [0.15, 0.2) is 83.3 Å². The van der Waals surface area contributed by atoms with Gasteiger partial charge in [0.15, 0.2) is 0 Å². The van der Waals surface area contributed by atoms with Crippen LogP contribution in [-0.4, -0.2) is 32.9 Å². The first kappa shape index (κ1) is 27.3. The largest absolute Gasteiger partial charge is 0.465 e. The highest BCUT2D eigenvalue weighted by molar-refractivity contribution is 7.89. The maximum Gasteiger partial charge on any atom is 0.343 e. The third kappa shape index (κ3) is 7.13. The molecule has 0 aromatic heterocycles. The fourth-order valence-corrected chi connectivity index (χ4v) is 5.17. The summed E-state index contributed by atoms with van der Waals surface area (Å²) in [6, 6.07) is 21.7. The van der Waals surface area contributed by atoms with E-state index in [1.807, 2.05) is 6.07 Å². The Morgan fingerprint density at radius 1 is 0.973 bits per heavy atom. The van der Waals surface area contributed by atoms with E-state index in [1.165, 1.54) is 19.3 Å². The normalized spacial score (nSPS) is 11.9. The summed E-state index contributed by atoms with van der Waals surface area (Å²) in [5.74, 6) is -1.53. The summed E-state index contributed by atoms with van der Waals surface area (Å²) in [5.41, 5.74) is 1.50. The van der Waals surface area contributed by atoms with E-state index in [4.69, 9.17) is 10.00 Å². The van der Waals surface area contributed by atoms with Crippen LogP contribution in [0, 0.1) is 11.3 Å². The van der Waals surface area contributed by atoms with Gasteiger partial charge in [-0.1, -0.05) is 42.5 Å². The maximum atomic E-state index is 13.0. The van der Waals surface area contributed by atoms with Crippen LogP contribution in [0.25, 0.3) is 17.2 Å². The lowest BCUT2D eigenvalue weighted by atomic mass is 10.0. The highest BCUT2D eigenvalue weighted by Crippen LogP contribution is 2.29. The lowest BCUT2D eigenvalue weighted by molar-refractivity contribution is -0.137. The molecule has 3 aromatic rings. The van der Waals surface area contributed by atoms with E-state index in [2.05, 4.69) is 10.0 Å². The number of nitriles is 1. The van der Waals surface area contributed by atoms with Gasteiger partial charge in [0.2, 0.25) is 10.0 Å². The first-order valence-electron chi connectivity index (χ1n) is 11.3. The van der Waals surface area contributed by atoms with Crippen molar-refractivity contribution in [3.8, 4) is 17.2 Å². The molecule has 0 aliphatic carbocycles. The molecule has 0 aliphatic rings. The van der Waals surface area contributed by atoms with E-state index in [9.17, 15) is 18.0 Å². The Balaban J connectivity index is 1.88. The molecular formula is C28H27N3O5S. The third-order valence-electron chi connectivity index (χ3n) is 5.05. The third-order valence-corrected chi connectivity index (χ3v) is 6.86. The summed E-state index contributed by atoms with van der Waals surface area (Å²) in [5, 5.41) is 11.8.